The van der Waals surface area contributed by atoms with Crippen molar-refractivity contribution in [3.05, 3.63) is 17.6 Å². The number of nitrogens with one attached hydrogen (secondary N) is 1. The van der Waals surface area contributed by atoms with E-state index in [9.17, 15) is 0 Å². The molecule has 0 amide bonds. The van der Waals surface area contributed by atoms with E-state index < -0.39 is 0 Å². The lowest BCUT2D eigenvalue weighted by molar-refractivity contribution is 0.838. The van der Waals surface area contributed by atoms with E-state index in [1.165, 1.54) is 0 Å². The number of aromatic nitrogens is 2. The van der Waals surface area contributed by atoms with Gasteiger partial charge >= 0.3 is 0 Å². The summed E-state index contributed by atoms with van der Waals surface area (Å²) in [4.78, 5) is 8.56. The lowest BCUT2D eigenvalue weighted by Gasteiger charge is -2.09. The smallest absolute Gasteiger partial charge is 0.144 e. The second-order valence-electron chi connectivity index (χ2n) is 3.31. The molecular weight excluding hydrogens is 198 g/mol. The Morgan fingerprint density at radius 3 is 2.71 bits per heavy atom. The third-order valence-corrected chi connectivity index (χ3v) is 2.60. The van der Waals surface area contributed by atoms with E-state index in [2.05, 4.69) is 22.2 Å². The van der Waals surface area contributed by atoms with Gasteiger partial charge in [-0.15, -0.1) is 11.6 Å². The van der Waals surface area contributed by atoms with Gasteiger partial charge in [0.25, 0.3) is 0 Å². The van der Waals surface area contributed by atoms with Crippen molar-refractivity contribution in [1.82, 2.24) is 9.97 Å². The van der Waals surface area contributed by atoms with E-state index in [0.717, 1.165) is 30.2 Å². The van der Waals surface area contributed by atoms with Crippen LogP contribution < -0.4 is 5.32 Å². The first-order chi connectivity index (χ1) is 6.63. The number of nitrogens with zero attached hydrogens (tertiary/aromatic N) is 2. The molecule has 0 saturated heterocycles. The number of hydrogen-bond acceptors (Lipinski definition) is 3. The van der Waals surface area contributed by atoms with E-state index in [4.69, 9.17) is 11.6 Å². The predicted molar refractivity (Wildman–Crippen MR) is 59.9 cm³/mol. The fraction of sp³-hybridized carbons (Fsp3) is 0.600. The van der Waals surface area contributed by atoms with Crippen LogP contribution in [-0.2, 0) is 0 Å². The van der Waals surface area contributed by atoms with Gasteiger partial charge in [0.2, 0.25) is 0 Å². The summed E-state index contributed by atoms with van der Waals surface area (Å²) in [5, 5.41) is 3.31. The van der Waals surface area contributed by atoms with Crippen LogP contribution in [0.25, 0.3) is 0 Å². The second kappa shape index (κ2) is 5.15. The second-order valence-corrected chi connectivity index (χ2v) is 3.93. The molecule has 0 bridgehead atoms. The van der Waals surface area contributed by atoms with E-state index in [1.807, 2.05) is 13.8 Å². The monoisotopic (exact) mass is 213 g/mol. The van der Waals surface area contributed by atoms with Crippen molar-refractivity contribution in [3.63, 3.8) is 0 Å². The van der Waals surface area contributed by atoms with Gasteiger partial charge in [-0.3, -0.25) is 4.98 Å². The lowest BCUT2D eigenvalue weighted by Crippen LogP contribution is -2.14. The van der Waals surface area contributed by atoms with Gasteiger partial charge in [-0.1, -0.05) is 6.92 Å². The van der Waals surface area contributed by atoms with Crippen molar-refractivity contribution in [2.24, 2.45) is 0 Å². The quantitative estimate of drug-likeness (QED) is 0.782. The summed E-state index contributed by atoms with van der Waals surface area (Å²) in [6.45, 7) is 6.69. The summed E-state index contributed by atoms with van der Waals surface area (Å²) >= 11 is 5.98. The molecule has 0 fully saturated rings. The molecule has 1 N–H and O–H groups in total. The molecule has 1 heterocycles. The van der Waals surface area contributed by atoms with Gasteiger partial charge in [-0.25, -0.2) is 4.98 Å². The highest BCUT2D eigenvalue weighted by molar-refractivity contribution is 6.20. The van der Waals surface area contributed by atoms with Crippen LogP contribution in [0.1, 0.15) is 24.7 Å². The summed E-state index contributed by atoms with van der Waals surface area (Å²) in [5.41, 5.74) is 1.92. The first-order valence-corrected chi connectivity index (χ1v) is 5.25. The molecule has 14 heavy (non-hydrogen) atoms. The van der Waals surface area contributed by atoms with Gasteiger partial charge in [0.05, 0.1) is 23.0 Å². The highest BCUT2D eigenvalue weighted by Gasteiger charge is 2.02. The molecular formula is C10H16ClN3. The van der Waals surface area contributed by atoms with Crippen molar-refractivity contribution in [2.45, 2.75) is 32.6 Å². The Bertz CT molecular complexity index is 301. The molecule has 0 spiro atoms. The summed E-state index contributed by atoms with van der Waals surface area (Å²) in [7, 11) is 0. The Hall–Kier alpha value is -0.830. The maximum absolute atomic E-state index is 5.98. The molecule has 0 aliphatic carbocycles. The van der Waals surface area contributed by atoms with Crippen molar-refractivity contribution in [1.29, 1.82) is 0 Å². The number of aryl methyl sites for hydroxylation is 2. The molecule has 1 rings (SSSR count). The SMILES string of the molecule is CCC(Cl)CNc1cnc(C)c(C)n1. The van der Waals surface area contributed by atoms with Crippen molar-refractivity contribution < 1.29 is 0 Å². The number of alkyl halides is 1. The molecule has 1 unspecified atom stereocenters. The highest BCUT2D eigenvalue weighted by Crippen LogP contribution is 2.07. The molecule has 3 nitrogen and oxygen atoms in total. The maximum atomic E-state index is 5.98. The minimum Gasteiger partial charge on any atom is -0.367 e. The van der Waals surface area contributed by atoms with Crippen LogP contribution >= 0.6 is 11.6 Å². The summed E-state index contributed by atoms with van der Waals surface area (Å²) < 4.78 is 0. The maximum Gasteiger partial charge on any atom is 0.144 e. The first kappa shape index (κ1) is 11.2. The third-order valence-electron chi connectivity index (χ3n) is 2.14. The molecule has 78 valence electrons. The average molecular weight is 214 g/mol. The molecule has 1 aromatic rings. The van der Waals surface area contributed by atoms with Crippen molar-refractivity contribution >= 4 is 17.4 Å². The predicted octanol–water partition coefficient (Wildman–Crippen LogP) is 2.52. The number of halogens is 1. The van der Waals surface area contributed by atoms with Crippen molar-refractivity contribution in [3.8, 4) is 0 Å². The Balaban J connectivity index is 2.55. The molecule has 1 aromatic heterocycles. The molecule has 0 aromatic carbocycles. The van der Waals surface area contributed by atoms with E-state index in [1.54, 1.807) is 6.20 Å². The number of hydrogen-bond donors (Lipinski definition) is 1. The highest BCUT2D eigenvalue weighted by atomic mass is 35.5. The summed E-state index contributed by atoms with van der Waals surface area (Å²) in [5.74, 6) is 0.798. The van der Waals surface area contributed by atoms with Crippen LogP contribution in [0.2, 0.25) is 0 Å². The van der Waals surface area contributed by atoms with E-state index in [0.29, 0.717) is 0 Å². The third kappa shape index (κ3) is 3.14. The zero-order valence-electron chi connectivity index (χ0n) is 8.84. The normalized spacial score (nSPS) is 12.6. The van der Waals surface area contributed by atoms with Gasteiger partial charge in [0.1, 0.15) is 5.82 Å². The zero-order valence-corrected chi connectivity index (χ0v) is 9.60. The van der Waals surface area contributed by atoms with Gasteiger partial charge in [0, 0.05) is 6.54 Å². The molecule has 1 atom stereocenters. The molecule has 0 saturated carbocycles. The standard InChI is InChI=1S/C10H16ClN3/c1-4-9(11)5-13-10-6-12-7(2)8(3)14-10/h6,9H,4-5H2,1-3H3,(H,13,14). The zero-order chi connectivity index (χ0) is 10.6. The Morgan fingerprint density at radius 2 is 2.14 bits per heavy atom. The van der Waals surface area contributed by atoms with Gasteiger partial charge in [0.15, 0.2) is 0 Å². The van der Waals surface area contributed by atoms with Crippen LogP contribution in [0, 0.1) is 13.8 Å². The fourth-order valence-electron chi connectivity index (χ4n) is 0.987. The Labute approximate surface area is 89.9 Å². The fourth-order valence-corrected chi connectivity index (χ4v) is 1.06. The van der Waals surface area contributed by atoms with Crippen molar-refractivity contribution in [2.75, 3.05) is 11.9 Å². The molecule has 0 radical (unpaired) electrons. The van der Waals surface area contributed by atoms with Crippen LogP contribution in [-0.4, -0.2) is 21.9 Å². The number of anilines is 1. The van der Waals surface area contributed by atoms with Crippen LogP contribution in [0.4, 0.5) is 5.82 Å². The van der Waals surface area contributed by atoms with Gasteiger partial charge < -0.3 is 5.32 Å². The van der Waals surface area contributed by atoms with Gasteiger partial charge in [-0.05, 0) is 20.3 Å². The molecule has 0 aliphatic heterocycles. The first-order valence-electron chi connectivity index (χ1n) is 4.81. The molecule has 4 heteroatoms. The topological polar surface area (TPSA) is 37.8 Å². The Kier molecular flexibility index (Phi) is 4.14. The van der Waals surface area contributed by atoms with E-state index >= 15 is 0 Å². The van der Waals surface area contributed by atoms with E-state index in [-0.39, 0.29) is 5.38 Å². The summed E-state index contributed by atoms with van der Waals surface area (Å²) in [6, 6.07) is 0. The molecule has 0 aliphatic rings. The largest absolute Gasteiger partial charge is 0.367 e. The summed E-state index contributed by atoms with van der Waals surface area (Å²) in [6.07, 6.45) is 2.69. The van der Waals surface area contributed by atoms with Crippen LogP contribution in [0.15, 0.2) is 6.20 Å². The average Bonchev–Trinajstić information content (AvgIpc) is 2.19. The lowest BCUT2D eigenvalue weighted by atomic mass is 10.3. The minimum absolute atomic E-state index is 0.151. The minimum atomic E-state index is 0.151. The Morgan fingerprint density at radius 1 is 1.43 bits per heavy atom. The van der Waals surface area contributed by atoms with Crippen LogP contribution in [0.5, 0.6) is 0 Å². The number of rotatable bonds is 4. The van der Waals surface area contributed by atoms with Gasteiger partial charge in [-0.2, -0.15) is 0 Å². The van der Waals surface area contributed by atoms with Crippen LogP contribution in [0.3, 0.4) is 0 Å².